The summed E-state index contributed by atoms with van der Waals surface area (Å²) in [5, 5.41) is 9.94. The molecule has 0 radical (unpaired) electrons. The fourth-order valence-electron chi connectivity index (χ4n) is 1.45. The second kappa shape index (κ2) is 5.28. The topological polar surface area (TPSA) is 65.0 Å². The zero-order chi connectivity index (χ0) is 13.3. The molecule has 1 saturated heterocycles. The largest absolute Gasteiger partial charge is 0.464 e. The smallest absolute Gasteiger partial charge is 0.345 e. The van der Waals surface area contributed by atoms with Crippen LogP contribution in [-0.4, -0.2) is 46.6 Å². The number of aliphatic hydroxyl groups excluding tert-OH is 1. The molecule has 0 aromatic heterocycles. The number of aliphatic hydroxyl groups is 1. The first kappa shape index (κ1) is 15.0. The van der Waals surface area contributed by atoms with Crippen LogP contribution in [0.2, 0.25) is 0 Å². The molecular weight excluding hydrogens is 271 g/mol. The van der Waals surface area contributed by atoms with Gasteiger partial charge >= 0.3 is 5.97 Å². The number of hydrogen-bond acceptors (Lipinski definition) is 5. The lowest BCUT2D eigenvalue weighted by molar-refractivity contribution is -0.161. The fraction of sp³-hybridized carbons (Fsp3) is 0.900. The first-order valence-corrected chi connectivity index (χ1v) is 6.01. The zero-order valence-corrected chi connectivity index (χ0v) is 11.4. The first-order chi connectivity index (χ1) is 7.70. The molecule has 1 aliphatic rings. The molecule has 1 N–H and O–H groups in total. The Morgan fingerprint density at radius 3 is 2.65 bits per heavy atom. The van der Waals surface area contributed by atoms with E-state index in [2.05, 4.69) is 4.74 Å². The molecule has 7 heteroatoms. The molecule has 0 aromatic carbocycles. The van der Waals surface area contributed by atoms with Gasteiger partial charge in [0, 0.05) is 0 Å². The summed E-state index contributed by atoms with van der Waals surface area (Å²) in [5.74, 6) is -1.73. The Hall–Kier alpha value is -0.0700. The summed E-state index contributed by atoms with van der Waals surface area (Å²) < 4.78 is 13.2. The minimum atomic E-state index is -2.07. The maximum atomic E-state index is 11.5. The molecule has 1 rings (SSSR count). The highest BCUT2D eigenvalue weighted by Crippen LogP contribution is 2.34. The number of rotatable bonds is 4. The summed E-state index contributed by atoms with van der Waals surface area (Å²) in [6.07, 6.45) is -2.20. The van der Waals surface area contributed by atoms with Crippen molar-refractivity contribution in [3.8, 4) is 0 Å². The zero-order valence-electron chi connectivity index (χ0n) is 9.91. The number of ether oxygens (including phenoxy) is 3. The second-order valence-electron chi connectivity index (χ2n) is 4.16. The van der Waals surface area contributed by atoms with Crippen molar-refractivity contribution in [3.63, 3.8) is 0 Å². The van der Waals surface area contributed by atoms with Crippen molar-refractivity contribution in [2.45, 2.75) is 43.1 Å². The lowest BCUT2D eigenvalue weighted by atomic mass is 10.1. The number of esters is 1. The van der Waals surface area contributed by atoms with E-state index in [0.717, 1.165) is 0 Å². The first-order valence-electron chi connectivity index (χ1n) is 5.25. The third-order valence-electron chi connectivity index (χ3n) is 2.30. The van der Waals surface area contributed by atoms with Crippen LogP contribution in [0.25, 0.3) is 0 Å². The highest BCUT2D eigenvalue weighted by Gasteiger charge is 2.51. The lowest BCUT2D eigenvalue weighted by Crippen LogP contribution is -2.48. The van der Waals surface area contributed by atoms with Crippen molar-refractivity contribution in [3.05, 3.63) is 0 Å². The van der Waals surface area contributed by atoms with Crippen LogP contribution in [0.1, 0.15) is 20.8 Å². The van der Waals surface area contributed by atoms with Crippen molar-refractivity contribution in [1.29, 1.82) is 0 Å². The van der Waals surface area contributed by atoms with Gasteiger partial charge < -0.3 is 19.3 Å². The van der Waals surface area contributed by atoms with E-state index in [4.69, 9.17) is 32.7 Å². The predicted octanol–water partition coefficient (Wildman–Crippen LogP) is 1.24. The van der Waals surface area contributed by atoms with Gasteiger partial charge in [-0.25, -0.2) is 4.79 Å². The highest BCUT2D eigenvalue weighted by molar-refractivity contribution is 6.58. The molecule has 0 amide bonds. The summed E-state index contributed by atoms with van der Waals surface area (Å²) in [4.78, 5) is 11.5. The number of halogens is 2. The SMILES string of the molecule is CCOC(=O)C(Cl)(Cl)[C@H](O)C1COC(C)(C)O1. The number of carbonyl (C=O) groups is 1. The van der Waals surface area contributed by atoms with E-state index in [1.54, 1.807) is 20.8 Å². The standard InChI is InChI=1S/C10H16Cl2O5/c1-4-15-8(14)10(11,12)7(13)6-5-16-9(2,3)17-6/h6-7,13H,4-5H2,1-3H3/t6?,7-/m1/s1. The molecule has 100 valence electrons. The van der Waals surface area contributed by atoms with Gasteiger partial charge in [-0.2, -0.15) is 0 Å². The van der Waals surface area contributed by atoms with Gasteiger partial charge in [0.15, 0.2) is 5.79 Å². The van der Waals surface area contributed by atoms with Gasteiger partial charge in [0.05, 0.1) is 13.2 Å². The quantitative estimate of drug-likeness (QED) is 0.622. The molecule has 0 aliphatic carbocycles. The maximum absolute atomic E-state index is 11.5. The lowest BCUT2D eigenvalue weighted by Gasteiger charge is -2.27. The summed E-state index contributed by atoms with van der Waals surface area (Å²) in [6, 6.07) is 0. The van der Waals surface area contributed by atoms with Gasteiger partial charge in [-0.3, -0.25) is 0 Å². The van der Waals surface area contributed by atoms with Gasteiger partial charge in [-0.15, -0.1) is 0 Å². The maximum Gasteiger partial charge on any atom is 0.345 e. The average molecular weight is 287 g/mol. The van der Waals surface area contributed by atoms with Crippen LogP contribution in [0, 0.1) is 0 Å². The monoisotopic (exact) mass is 286 g/mol. The highest BCUT2D eigenvalue weighted by atomic mass is 35.5. The summed E-state index contributed by atoms with van der Waals surface area (Å²) >= 11 is 11.6. The van der Waals surface area contributed by atoms with Crippen LogP contribution in [0.15, 0.2) is 0 Å². The Morgan fingerprint density at radius 2 is 2.24 bits per heavy atom. The van der Waals surface area contributed by atoms with E-state index in [0.29, 0.717) is 0 Å². The third-order valence-corrected chi connectivity index (χ3v) is 3.06. The summed E-state index contributed by atoms with van der Waals surface area (Å²) in [5.41, 5.74) is 0. The Labute approximate surface area is 110 Å². The van der Waals surface area contributed by atoms with E-state index >= 15 is 0 Å². The number of hydrogen-bond donors (Lipinski definition) is 1. The molecule has 5 nitrogen and oxygen atoms in total. The Balaban J connectivity index is 2.69. The van der Waals surface area contributed by atoms with Crippen molar-refractivity contribution >= 4 is 29.2 Å². The minimum absolute atomic E-state index is 0.106. The van der Waals surface area contributed by atoms with Crippen LogP contribution in [-0.2, 0) is 19.0 Å². The van der Waals surface area contributed by atoms with E-state index in [9.17, 15) is 9.90 Å². The number of alkyl halides is 2. The van der Waals surface area contributed by atoms with E-state index in [1.165, 1.54) is 0 Å². The fourth-order valence-corrected chi connectivity index (χ4v) is 1.84. The van der Waals surface area contributed by atoms with E-state index in [-0.39, 0.29) is 13.2 Å². The van der Waals surface area contributed by atoms with Crippen molar-refractivity contribution in [2.75, 3.05) is 13.2 Å². The van der Waals surface area contributed by atoms with Crippen molar-refractivity contribution in [1.82, 2.24) is 0 Å². The third kappa shape index (κ3) is 3.45. The van der Waals surface area contributed by atoms with Crippen molar-refractivity contribution in [2.24, 2.45) is 0 Å². The number of carbonyl (C=O) groups excluding carboxylic acids is 1. The molecule has 1 aliphatic heterocycles. The molecule has 17 heavy (non-hydrogen) atoms. The molecule has 1 unspecified atom stereocenters. The second-order valence-corrected chi connectivity index (χ2v) is 5.54. The Bertz CT molecular complexity index is 292. The minimum Gasteiger partial charge on any atom is -0.464 e. The average Bonchev–Trinajstić information content (AvgIpc) is 2.58. The molecule has 0 aromatic rings. The normalized spacial score (nSPS) is 25.6. The Morgan fingerprint density at radius 1 is 1.65 bits per heavy atom. The molecule has 1 heterocycles. The molecule has 1 fully saturated rings. The Kier molecular flexibility index (Phi) is 4.66. The van der Waals surface area contributed by atoms with Crippen LogP contribution in [0.5, 0.6) is 0 Å². The molecular formula is C10H16Cl2O5. The van der Waals surface area contributed by atoms with E-state index < -0.39 is 28.3 Å². The van der Waals surface area contributed by atoms with Crippen LogP contribution in [0.3, 0.4) is 0 Å². The van der Waals surface area contributed by atoms with Gasteiger partial charge in [-0.05, 0) is 20.8 Å². The van der Waals surface area contributed by atoms with Crippen LogP contribution in [0.4, 0.5) is 0 Å². The van der Waals surface area contributed by atoms with Gasteiger partial charge in [0.1, 0.15) is 12.2 Å². The predicted molar refractivity (Wildman–Crippen MR) is 62.0 cm³/mol. The molecule has 0 saturated carbocycles. The van der Waals surface area contributed by atoms with Crippen LogP contribution >= 0.6 is 23.2 Å². The van der Waals surface area contributed by atoms with E-state index in [1.807, 2.05) is 0 Å². The van der Waals surface area contributed by atoms with Gasteiger partial charge in [0.25, 0.3) is 0 Å². The van der Waals surface area contributed by atoms with Gasteiger partial charge in [0.2, 0.25) is 4.33 Å². The molecule has 0 bridgehead atoms. The van der Waals surface area contributed by atoms with Crippen LogP contribution < -0.4 is 0 Å². The molecule has 2 atom stereocenters. The van der Waals surface area contributed by atoms with Crippen molar-refractivity contribution < 1.29 is 24.1 Å². The molecule has 0 spiro atoms. The summed E-state index contributed by atoms with van der Waals surface area (Å²) in [6.45, 7) is 5.23. The summed E-state index contributed by atoms with van der Waals surface area (Å²) in [7, 11) is 0. The van der Waals surface area contributed by atoms with Gasteiger partial charge in [-0.1, -0.05) is 23.2 Å².